The number of sulfonamides is 1. The lowest BCUT2D eigenvalue weighted by atomic mass is 9.78. The summed E-state index contributed by atoms with van der Waals surface area (Å²) in [6.07, 6.45) is 1.68. The molecule has 0 bridgehead atoms. The maximum absolute atomic E-state index is 12.6. The highest BCUT2D eigenvalue weighted by Gasteiger charge is 2.52. The van der Waals surface area contributed by atoms with E-state index in [9.17, 15) is 8.42 Å². The Kier molecular flexibility index (Phi) is 8.04. The normalized spacial score (nSPS) is 19.2. The Labute approximate surface area is 226 Å². The molecule has 1 saturated heterocycles. The van der Waals surface area contributed by atoms with Crippen molar-refractivity contribution in [2.45, 2.75) is 57.6 Å². The van der Waals surface area contributed by atoms with E-state index in [2.05, 4.69) is 9.50 Å². The first kappa shape index (κ1) is 28.3. The molecule has 1 fully saturated rings. The molecule has 204 valence electrons. The van der Waals surface area contributed by atoms with Gasteiger partial charge in [0.2, 0.25) is 0 Å². The zero-order valence-corrected chi connectivity index (χ0v) is 23.9. The molecule has 11 heteroatoms. The SMILES string of the molecule is COCCOc1cc(/C=N/N(CC(C)C)C2=NS(=O)(=O)c3ccccc32)ccc1B1OC(C)(C)C(C)(C)O1. The Morgan fingerprint density at radius 3 is 2.42 bits per heavy atom. The Morgan fingerprint density at radius 1 is 1.08 bits per heavy atom. The average Bonchev–Trinajstić information content (AvgIpc) is 3.24. The van der Waals surface area contributed by atoms with Crippen LogP contribution in [0.2, 0.25) is 0 Å². The van der Waals surface area contributed by atoms with E-state index in [4.69, 9.17) is 18.8 Å². The molecule has 0 unspecified atom stereocenters. The lowest BCUT2D eigenvalue weighted by molar-refractivity contribution is 0.00578. The largest absolute Gasteiger partial charge is 0.498 e. The lowest BCUT2D eigenvalue weighted by Gasteiger charge is -2.32. The van der Waals surface area contributed by atoms with Gasteiger partial charge >= 0.3 is 7.12 Å². The predicted octanol–water partition coefficient (Wildman–Crippen LogP) is 3.45. The topological polar surface area (TPSA) is 99.0 Å². The number of rotatable bonds is 9. The molecule has 2 aromatic carbocycles. The molecule has 0 aromatic heterocycles. The first-order valence-electron chi connectivity index (χ1n) is 12.7. The molecule has 0 saturated carbocycles. The van der Waals surface area contributed by atoms with Gasteiger partial charge in [-0.1, -0.05) is 38.1 Å². The summed E-state index contributed by atoms with van der Waals surface area (Å²) in [6, 6.07) is 12.5. The molecule has 0 N–H and O–H groups in total. The predicted molar refractivity (Wildman–Crippen MR) is 149 cm³/mol. The number of nitrogens with zero attached hydrogens (tertiary/aromatic N) is 3. The number of amidine groups is 1. The minimum atomic E-state index is -3.76. The maximum atomic E-state index is 12.6. The van der Waals surface area contributed by atoms with Crippen molar-refractivity contribution in [2.75, 3.05) is 26.9 Å². The number of methoxy groups -OCH3 is 1. The van der Waals surface area contributed by atoms with E-state index in [1.165, 1.54) is 0 Å². The summed E-state index contributed by atoms with van der Waals surface area (Å²) < 4.78 is 53.0. The fraction of sp³-hybridized carbons (Fsp3) is 0.481. The maximum Gasteiger partial charge on any atom is 0.498 e. The quantitative estimate of drug-likeness (QED) is 0.208. The Bertz CT molecular complexity index is 1320. The molecule has 0 amide bonds. The Hall–Kier alpha value is -2.73. The highest BCUT2D eigenvalue weighted by molar-refractivity contribution is 7.90. The van der Waals surface area contributed by atoms with Crippen molar-refractivity contribution in [3.05, 3.63) is 53.6 Å². The summed E-state index contributed by atoms with van der Waals surface area (Å²) in [5, 5.41) is 6.30. The monoisotopic (exact) mass is 541 g/mol. The van der Waals surface area contributed by atoms with Crippen molar-refractivity contribution < 1.29 is 27.2 Å². The van der Waals surface area contributed by atoms with E-state index in [-0.39, 0.29) is 10.8 Å². The van der Waals surface area contributed by atoms with Crippen molar-refractivity contribution >= 4 is 34.7 Å². The lowest BCUT2D eigenvalue weighted by Crippen LogP contribution is -2.41. The van der Waals surface area contributed by atoms with Gasteiger partial charge < -0.3 is 18.8 Å². The van der Waals surface area contributed by atoms with Gasteiger partial charge in [-0.3, -0.25) is 0 Å². The van der Waals surface area contributed by atoms with Crippen molar-refractivity contribution in [2.24, 2.45) is 15.4 Å². The molecular formula is C27H36BN3O6S. The summed E-state index contributed by atoms with van der Waals surface area (Å²) in [6.45, 7) is 13.4. The highest BCUT2D eigenvalue weighted by Crippen LogP contribution is 2.37. The van der Waals surface area contributed by atoms with Gasteiger partial charge in [-0.05, 0) is 57.4 Å². The van der Waals surface area contributed by atoms with Gasteiger partial charge in [-0.25, -0.2) is 5.01 Å². The molecule has 0 radical (unpaired) electrons. The number of hydrazone groups is 1. The van der Waals surface area contributed by atoms with Gasteiger partial charge in [0, 0.05) is 24.7 Å². The first-order chi connectivity index (χ1) is 17.8. The minimum Gasteiger partial charge on any atom is -0.492 e. The van der Waals surface area contributed by atoms with Crippen LogP contribution >= 0.6 is 0 Å². The molecule has 2 heterocycles. The molecule has 0 atom stereocenters. The fourth-order valence-corrected chi connectivity index (χ4v) is 5.31. The first-order valence-corrected chi connectivity index (χ1v) is 14.2. The molecule has 2 aromatic rings. The molecule has 38 heavy (non-hydrogen) atoms. The van der Waals surface area contributed by atoms with Gasteiger partial charge in [0.05, 0.1) is 24.0 Å². The molecule has 4 rings (SSSR count). The molecule has 2 aliphatic heterocycles. The van der Waals surface area contributed by atoms with Crippen LogP contribution in [0.15, 0.2) is 56.9 Å². The fourth-order valence-electron chi connectivity index (χ4n) is 4.10. The summed E-state index contributed by atoms with van der Waals surface area (Å²) in [7, 11) is -2.73. The molecule has 0 aliphatic carbocycles. The number of ether oxygens (including phenoxy) is 2. The van der Waals surface area contributed by atoms with Crippen LogP contribution in [0.5, 0.6) is 5.75 Å². The van der Waals surface area contributed by atoms with Crippen LogP contribution in [0.25, 0.3) is 0 Å². The molecular weight excluding hydrogens is 505 g/mol. The van der Waals surface area contributed by atoms with E-state index >= 15 is 0 Å². The molecule has 0 spiro atoms. The average molecular weight is 541 g/mol. The number of hydrogen-bond donors (Lipinski definition) is 0. The van der Waals surface area contributed by atoms with Crippen LogP contribution in [-0.4, -0.2) is 70.7 Å². The van der Waals surface area contributed by atoms with Crippen LogP contribution in [0, 0.1) is 5.92 Å². The zero-order valence-electron chi connectivity index (χ0n) is 23.1. The van der Waals surface area contributed by atoms with E-state index in [1.807, 2.05) is 59.7 Å². The van der Waals surface area contributed by atoms with Gasteiger partial charge in [-0.15, -0.1) is 4.40 Å². The van der Waals surface area contributed by atoms with Crippen LogP contribution in [-0.2, 0) is 24.1 Å². The van der Waals surface area contributed by atoms with E-state index in [0.717, 1.165) is 11.0 Å². The number of benzene rings is 2. The minimum absolute atomic E-state index is 0.194. The molecule has 9 nitrogen and oxygen atoms in total. The smallest absolute Gasteiger partial charge is 0.492 e. The van der Waals surface area contributed by atoms with Crippen molar-refractivity contribution in [1.82, 2.24) is 5.01 Å². The summed E-state index contributed by atoms with van der Waals surface area (Å²) in [5.41, 5.74) is 1.11. The van der Waals surface area contributed by atoms with Crippen molar-refractivity contribution in [3.8, 4) is 5.75 Å². The third-order valence-corrected chi connectivity index (χ3v) is 8.16. The zero-order chi connectivity index (χ0) is 27.7. The highest BCUT2D eigenvalue weighted by atomic mass is 32.2. The van der Waals surface area contributed by atoms with Gasteiger partial charge in [0.15, 0.2) is 5.84 Å². The molecule has 2 aliphatic rings. The number of hydrogen-bond acceptors (Lipinski definition) is 8. The van der Waals surface area contributed by atoms with E-state index in [1.54, 1.807) is 42.6 Å². The standard InChI is InChI=1S/C27H36BN3O6S/c1-19(2)18-31(25-21-10-8-9-11-24(21)38(32,33)30-25)29-17-20-12-13-22(23(16-20)35-15-14-34-7)28-36-26(3,4)27(5,6)37-28/h8-13,16-17,19H,14-15,18H2,1-7H3/b29-17+. The van der Waals surface area contributed by atoms with Crippen LogP contribution < -0.4 is 10.2 Å². The summed E-state index contributed by atoms with van der Waals surface area (Å²) in [4.78, 5) is 0.194. The summed E-state index contributed by atoms with van der Waals surface area (Å²) in [5.74, 6) is 1.13. The van der Waals surface area contributed by atoms with Crippen molar-refractivity contribution in [1.29, 1.82) is 0 Å². The van der Waals surface area contributed by atoms with Crippen LogP contribution in [0.1, 0.15) is 52.7 Å². The van der Waals surface area contributed by atoms with E-state index in [0.29, 0.717) is 36.9 Å². The second-order valence-electron chi connectivity index (χ2n) is 10.8. The van der Waals surface area contributed by atoms with E-state index < -0.39 is 28.3 Å². The second kappa shape index (κ2) is 10.8. The van der Waals surface area contributed by atoms with Crippen LogP contribution in [0.4, 0.5) is 0 Å². The van der Waals surface area contributed by atoms with Crippen molar-refractivity contribution in [3.63, 3.8) is 0 Å². The van der Waals surface area contributed by atoms with Gasteiger partial charge in [-0.2, -0.15) is 13.5 Å². The van der Waals surface area contributed by atoms with Gasteiger partial charge in [0.1, 0.15) is 17.3 Å². The Balaban J connectivity index is 1.66. The summed E-state index contributed by atoms with van der Waals surface area (Å²) >= 11 is 0. The van der Waals surface area contributed by atoms with Crippen LogP contribution in [0.3, 0.4) is 0 Å². The second-order valence-corrected chi connectivity index (χ2v) is 12.4. The Morgan fingerprint density at radius 2 is 1.76 bits per heavy atom. The third kappa shape index (κ3) is 5.80. The van der Waals surface area contributed by atoms with Gasteiger partial charge in [0.25, 0.3) is 10.0 Å². The number of fused-ring (bicyclic) bond motifs is 1. The third-order valence-electron chi connectivity index (χ3n) is 6.83.